The summed E-state index contributed by atoms with van der Waals surface area (Å²) in [5.41, 5.74) is 0.0333. The van der Waals surface area contributed by atoms with Crippen molar-refractivity contribution in [3.63, 3.8) is 0 Å². The van der Waals surface area contributed by atoms with Crippen LogP contribution in [0.15, 0.2) is 18.0 Å². The number of rotatable bonds is 8. The van der Waals surface area contributed by atoms with Crippen molar-refractivity contribution in [3.8, 4) is 0 Å². The van der Waals surface area contributed by atoms with Crippen LogP contribution in [0.1, 0.15) is 31.5 Å². The average molecular weight is 384 g/mol. The Balaban J connectivity index is 2.27. The lowest BCUT2D eigenvalue weighted by molar-refractivity contribution is -0.120. The summed E-state index contributed by atoms with van der Waals surface area (Å²) in [6, 6.07) is 0. The number of thiazole rings is 1. The van der Waals surface area contributed by atoms with Gasteiger partial charge in [0.15, 0.2) is 0 Å². The largest absolute Gasteiger partial charge is 0.445 e. The van der Waals surface area contributed by atoms with Crippen LogP contribution in [0, 0.1) is 0 Å². The molecule has 1 heterocycles. The van der Waals surface area contributed by atoms with Gasteiger partial charge >= 0.3 is 12.2 Å². The Bertz CT molecular complexity index is 639. The molecule has 0 saturated heterocycles. The van der Waals surface area contributed by atoms with Crippen molar-refractivity contribution >= 4 is 29.4 Å². The molecule has 1 aromatic heterocycles. The molecule has 0 saturated carbocycles. The molecule has 26 heavy (non-hydrogen) atoms. The number of carbonyl (C=O) groups excluding carboxylic acids is 3. The first-order valence-corrected chi connectivity index (χ1v) is 8.76. The van der Waals surface area contributed by atoms with Crippen LogP contribution in [0.3, 0.4) is 0 Å². The molecule has 10 heteroatoms. The summed E-state index contributed by atoms with van der Waals surface area (Å²) >= 11 is 1.35. The minimum absolute atomic E-state index is 0.136. The van der Waals surface area contributed by atoms with E-state index in [2.05, 4.69) is 27.5 Å². The van der Waals surface area contributed by atoms with Crippen LogP contribution in [0.2, 0.25) is 0 Å². The van der Waals surface area contributed by atoms with Crippen LogP contribution in [-0.4, -0.2) is 41.8 Å². The van der Waals surface area contributed by atoms with Crippen molar-refractivity contribution in [2.45, 2.75) is 39.5 Å². The summed E-state index contributed by atoms with van der Waals surface area (Å²) in [5.74, 6) is -0.362. The minimum atomic E-state index is -0.654. The maximum atomic E-state index is 11.7. The normalized spacial score (nSPS) is 10.6. The van der Waals surface area contributed by atoms with Gasteiger partial charge in [-0.25, -0.2) is 14.6 Å². The van der Waals surface area contributed by atoms with Gasteiger partial charge < -0.3 is 25.4 Å². The van der Waals surface area contributed by atoms with Crippen molar-refractivity contribution in [1.82, 2.24) is 20.9 Å². The zero-order valence-corrected chi connectivity index (χ0v) is 15.9. The first-order valence-electron chi connectivity index (χ1n) is 7.88. The van der Waals surface area contributed by atoms with Crippen LogP contribution < -0.4 is 16.0 Å². The van der Waals surface area contributed by atoms with Crippen LogP contribution in [0.25, 0.3) is 0 Å². The van der Waals surface area contributed by atoms with Crippen molar-refractivity contribution in [1.29, 1.82) is 0 Å². The molecule has 0 aliphatic heterocycles. The molecule has 0 spiro atoms. The number of hydrogen-bond donors (Lipinski definition) is 3. The van der Waals surface area contributed by atoms with E-state index in [0.29, 0.717) is 10.7 Å². The minimum Gasteiger partial charge on any atom is -0.445 e. The smallest absolute Gasteiger partial charge is 0.408 e. The SMILES string of the molecule is C=CCOC(=O)NCc1csc(CNC(=O)CNC(=O)OC(C)(C)C)n1. The summed E-state index contributed by atoms with van der Waals surface area (Å²) in [4.78, 5) is 38.8. The highest BCUT2D eigenvalue weighted by Gasteiger charge is 2.16. The number of nitrogens with one attached hydrogen (secondary N) is 3. The molecular weight excluding hydrogens is 360 g/mol. The zero-order chi connectivity index (χ0) is 19.6. The molecule has 0 aromatic carbocycles. The zero-order valence-electron chi connectivity index (χ0n) is 15.1. The van der Waals surface area contributed by atoms with Gasteiger partial charge in [0.2, 0.25) is 5.91 Å². The van der Waals surface area contributed by atoms with E-state index in [9.17, 15) is 14.4 Å². The third kappa shape index (κ3) is 9.62. The third-order valence-electron chi connectivity index (χ3n) is 2.57. The fraction of sp³-hybridized carbons (Fsp3) is 0.500. The molecule has 0 aliphatic carbocycles. The molecule has 0 radical (unpaired) electrons. The monoisotopic (exact) mass is 384 g/mol. The Kier molecular flexibility index (Phi) is 8.56. The Morgan fingerprint density at radius 2 is 1.92 bits per heavy atom. The summed E-state index contributed by atoms with van der Waals surface area (Å²) < 4.78 is 9.82. The number of aromatic nitrogens is 1. The second-order valence-corrected chi connectivity index (χ2v) is 7.05. The molecule has 1 rings (SSSR count). The summed E-state index contributed by atoms with van der Waals surface area (Å²) in [7, 11) is 0. The van der Waals surface area contributed by atoms with Crippen LogP contribution in [0.5, 0.6) is 0 Å². The quantitative estimate of drug-likeness (QED) is 0.587. The number of alkyl carbamates (subject to hydrolysis) is 2. The van der Waals surface area contributed by atoms with Gasteiger partial charge in [0.1, 0.15) is 23.8 Å². The lowest BCUT2D eigenvalue weighted by Crippen LogP contribution is -2.39. The first kappa shape index (κ1) is 21.4. The van der Waals surface area contributed by atoms with Crippen molar-refractivity contribution in [2.24, 2.45) is 0 Å². The van der Waals surface area contributed by atoms with Crippen molar-refractivity contribution in [3.05, 3.63) is 28.7 Å². The summed E-state index contributed by atoms with van der Waals surface area (Å²) in [6.45, 7) is 9.05. The molecule has 0 aliphatic rings. The fourth-order valence-corrected chi connectivity index (χ4v) is 2.30. The molecule has 1 aromatic rings. The van der Waals surface area contributed by atoms with Gasteiger partial charge in [-0.05, 0) is 20.8 Å². The van der Waals surface area contributed by atoms with E-state index in [1.807, 2.05) is 0 Å². The molecule has 9 nitrogen and oxygen atoms in total. The van der Waals surface area contributed by atoms with Crippen LogP contribution in [0.4, 0.5) is 9.59 Å². The second-order valence-electron chi connectivity index (χ2n) is 6.11. The number of nitrogens with zero attached hydrogens (tertiary/aromatic N) is 1. The van der Waals surface area contributed by atoms with E-state index in [-0.39, 0.29) is 32.1 Å². The average Bonchev–Trinajstić information content (AvgIpc) is 3.00. The topological polar surface area (TPSA) is 119 Å². The van der Waals surface area contributed by atoms with Gasteiger partial charge in [-0.1, -0.05) is 12.7 Å². The number of hydrogen-bond acceptors (Lipinski definition) is 7. The predicted octanol–water partition coefficient (Wildman–Crippen LogP) is 1.70. The van der Waals surface area contributed by atoms with E-state index in [4.69, 9.17) is 9.47 Å². The molecule has 0 bridgehead atoms. The third-order valence-corrected chi connectivity index (χ3v) is 3.47. The van der Waals surface area contributed by atoms with E-state index in [1.54, 1.807) is 26.2 Å². The predicted molar refractivity (Wildman–Crippen MR) is 96.6 cm³/mol. The van der Waals surface area contributed by atoms with Gasteiger partial charge in [-0.3, -0.25) is 4.79 Å². The van der Waals surface area contributed by atoms with Gasteiger partial charge in [0.05, 0.1) is 18.8 Å². The van der Waals surface area contributed by atoms with E-state index < -0.39 is 17.8 Å². The maximum Gasteiger partial charge on any atom is 0.408 e. The molecule has 0 fully saturated rings. The van der Waals surface area contributed by atoms with Crippen LogP contribution >= 0.6 is 11.3 Å². The van der Waals surface area contributed by atoms with E-state index in [0.717, 1.165) is 0 Å². The molecule has 3 N–H and O–H groups in total. The van der Waals surface area contributed by atoms with Gasteiger partial charge in [0, 0.05) is 5.38 Å². The second kappa shape index (κ2) is 10.4. The molecule has 0 atom stereocenters. The standard InChI is InChI=1S/C16H24N4O5S/c1-5-6-24-14(22)18-7-11-10-26-13(20-11)9-17-12(21)8-19-15(23)25-16(2,3)4/h5,10H,1,6-9H2,2-4H3,(H,17,21)(H,18,22)(H,19,23). The molecular formula is C16H24N4O5S. The Labute approximate surface area is 156 Å². The fourth-order valence-electron chi connectivity index (χ4n) is 1.56. The lowest BCUT2D eigenvalue weighted by atomic mass is 10.2. The van der Waals surface area contributed by atoms with Crippen molar-refractivity contribution in [2.75, 3.05) is 13.2 Å². The summed E-state index contributed by atoms with van der Waals surface area (Å²) in [5, 5.41) is 10.0. The highest BCUT2D eigenvalue weighted by atomic mass is 32.1. The number of carbonyl (C=O) groups is 3. The Hall–Kier alpha value is -2.62. The van der Waals surface area contributed by atoms with Gasteiger partial charge in [-0.15, -0.1) is 11.3 Å². The molecule has 0 unspecified atom stereocenters. The highest BCUT2D eigenvalue weighted by molar-refractivity contribution is 7.09. The van der Waals surface area contributed by atoms with E-state index in [1.165, 1.54) is 17.4 Å². The maximum absolute atomic E-state index is 11.7. The van der Waals surface area contributed by atoms with Gasteiger partial charge in [-0.2, -0.15) is 0 Å². The highest BCUT2D eigenvalue weighted by Crippen LogP contribution is 2.09. The Morgan fingerprint density at radius 3 is 2.58 bits per heavy atom. The lowest BCUT2D eigenvalue weighted by Gasteiger charge is -2.19. The van der Waals surface area contributed by atoms with Gasteiger partial charge in [0.25, 0.3) is 0 Å². The van der Waals surface area contributed by atoms with Crippen LogP contribution in [-0.2, 0) is 27.4 Å². The number of amides is 3. The van der Waals surface area contributed by atoms with E-state index >= 15 is 0 Å². The molecule has 144 valence electrons. The Morgan fingerprint density at radius 1 is 1.19 bits per heavy atom. The number of ether oxygens (including phenoxy) is 2. The summed E-state index contributed by atoms with van der Waals surface area (Å²) in [6.07, 6.45) is 0.264. The first-order chi connectivity index (χ1) is 12.2. The molecule has 3 amide bonds. The van der Waals surface area contributed by atoms with Crippen molar-refractivity contribution < 1.29 is 23.9 Å².